The third-order valence-corrected chi connectivity index (χ3v) is 6.69. The van der Waals surface area contributed by atoms with Crippen LogP contribution in [0.1, 0.15) is 28.3 Å². The number of nitrogens with one attached hydrogen (secondary N) is 2. The number of anilines is 2. The molecule has 1 amide bonds. The molecule has 0 radical (unpaired) electrons. The number of aryl methyl sites for hydroxylation is 1. The summed E-state index contributed by atoms with van der Waals surface area (Å²) in [7, 11) is -3.87. The van der Waals surface area contributed by atoms with Crippen molar-refractivity contribution in [1.29, 1.82) is 0 Å². The average Bonchev–Trinajstić information content (AvgIpc) is 3.13. The fraction of sp³-hybridized carbons (Fsp3) is 0.120. The van der Waals surface area contributed by atoms with Crippen LogP contribution in [0.2, 0.25) is 0 Å². The van der Waals surface area contributed by atoms with Gasteiger partial charge in [0.1, 0.15) is 0 Å². The van der Waals surface area contributed by atoms with Crippen molar-refractivity contribution < 1.29 is 17.7 Å². The van der Waals surface area contributed by atoms with Crippen molar-refractivity contribution in [1.82, 2.24) is 5.16 Å². The minimum atomic E-state index is -3.87. The van der Waals surface area contributed by atoms with E-state index in [1.807, 2.05) is 60.7 Å². The molecule has 0 fully saturated rings. The largest absolute Gasteiger partial charge is 0.337 e. The zero-order valence-corrected chi connectivity index (χ0v) is 19.0. The molecule has 0 aliphatic heterocycles. The average molecular weight is 462 g/mol. The van der Waals surface area contributed by atoms with Gasteiger partial charge in [0.05, 0.1) is 16.5 Å². The van der Waals surface area contributed by atoms with Crippen LogP contribution >= 0.6 is 0 Å². The summed E-state index contributed by atoms with van der Waals surface area (Å²) >= 11 is 0. The highest BCUT2D eigenvalue weighted by Gasteiger charge is 2.23. The first-order valence-electron chi connectivity index (χ1n) is 10.3. The van der Waals surface area contributed by atoms with E-state index in [-0.39, 0.29) is 16.7 Å². The van der Waals surface area contributed by atoms with Crippen molar-refractivity contribution in [2.24, 2.45) is 0 Å². The molecule has 7 nitrogen and oxygen atoms in total. The number of carbonyl (C=O) groups is 1. The van der Waals surface area contributed by atoms with Gasteiger partial charge in [-0.1, -0.05) is 65.8 Å². The summed E-state index contributed by atoms with van der Waals surface area (Å²) in [4.78, 5) is 13.3. The second kappa shape index (κ2) is 9.30. The summed E-state index contributed by atoms with van der Waals surface area (Å²) in [6.45, 7) is 3.45. The van der Waals surface area contributed by atoms with E-state index in [9.17, 15) is 13.2 Å². The van der Waals surface area contributed by atoms with E-state index < -0.39 is 15.9 Å². The van der Waals surface area contributed by atoms with Crippen molar-refractivity contribution in [3.05, 3.63) is 107 Å². The summed E-state index contributed by atoms with van der Waals surface area (Å²) in [5.41, 5.74) is 3.44. The summed E-state index contributed by atoms with van der Waals surface area (Å²) in [6, 6.07) is 25.0. The summed E-state index contributed by atoms with van der Waals surface area (Å²) < 4.78 is 32.8. The molecule has 0 spiro atoms. The number of aromatic nitrogens is 1. The molecule has 4 rings (SSSR count). The molecule has 1 aromatic heterocycles. The standard InChI is InChI=1S/C25H23N3O4S/c1-17-18(2)27-32-25(17)28-33(30,31)22-15-13-21(14-16-22)26-24(29)23(19-9-5-3-6-10-19)20-11-7-4-8-12-20/h3-16,23,28H,1-2H3,(H,26,29). The minimum Gasteiger partial charge on any atom is -0.337 e. The first-order chi connectivity index (χ1) is 15.8. The van der Waals surface area contributed by atoms with Gasteiger partial charge in [0.2, 0.25) is 11.8 Å². The molecule has 3 aromatic carbocycles. The number of benzene rings is 3. The van der Waals surface area contributed by atoms with Crippen LogP contribution in [-0.2, 0) is 14.8 Å². The van der Waals surface area contributed by atoms with Crippen LogP contribution in [0.4, 0.5) is 11.6 Å². The summed E-state index contributed by atoms with van der Waals surface area (Å²) in [6.07, 6.45) is 0. The van der Waals surface area contributed by atoms with Gasteiger partial charge in [0.25, 0.3) is 10.0 Å². The molecule has 8 heteroatoms. The Kier molecular flexibility index (Phi) is 6.28. The van der Waals surface area contributed by atoms with Crippen molar-refractivity contribution in [2.75, 3.05) is 10.0 Å². The Morgan fingerprint density at radius 2 is 1.39 bits per heavy atom. The normalized spacial score (nSPS) is 11.4. The van der Waals surface area contributed by atoms with Crippen molar-refractivity contribution >= 4 is 27.5 Å². The lowest BCUT2D eigenvalue weighted by Gasteiger charge is -2.18. The molecule has 0 unspecified atom stereocenters. The molecule has 0 saturated carbocycles. The number of sulfonamides is 1. The molecule has 33 heavy (non-hydrogen) atoms. The van der Waals surface area contributed by atoms with E-state index in [1.54, 1.807) is 26.0 Å². The van der Waals surface area contributed by atoms with Crippen molar-refractivity contribution in [3.8, 4) is 0 Å². The zero-order chi connectivity index (χ0) is 23.4. The van der Waals surface area contributed by atoms with Gasteiger partial charge in [-0.3, -0.25) is 4.79 Å². The molecule has 0 aliphatic carbocycles. The number of nitrogens with zero attached hydrogens (tertiary/aromatic N) is 1. The van der Waals surface area contributed by atoms with Gasteiger partial charge < -0.3 is 9.84 Å². The molecule has 0 saturated heterocycles. The van der Waals surface area contributed by atoms with Crippen LogP contribution in [-0.4, -0.2) is 19.5 Å². The Morgan fingerprint density at radius 3 is 1.88 bits per heavy atom. The van der Waals surface area contributed by atoms with Crippen molar-refractivity contribution in [2.45, 2.75) is 24.7 Å². The highest BCUT2D eigenvalue weighted by atomic mass is 32.2. The van der Waals surface area contributed by atoms with Crippen LogP contribution < -0.4 is 10.0 Å². The molecule has 1 heterocycles. The molecule has 0 atom stereocenters. The van der Waals surface area contributed by atoms with Gasteiger partial charge in [-0.15, -0.1) is 0 Å². The predicted molar refractivity (Wildman–Crippen MR) is 127 cm³/mol. The van der Waals surface area contributed by atoms with Gasteiger partial charge in [-0.2, -0.15) is 0 Å². The van der Waals surface area contributed by atoms with E-state index in [4.69, 9.17) is 4.52 Å². The first-order valence-corrected chi connectivity index (χ1v) is 11.8. The molecule has 168 valence electrons. The van der Waals surface area contributed by atoms with Gasteiger partial charge in [0, 0.05) is 11.3 Å². The molecule has 2 N–H and O–H groups in total. The molecular formula is C25H23N3O4S. The highest BCUT2D eigenvalue weighted by Crippen LogP contribution is 2.27. The predicted octanol–water partition coefficient (Wildman–Crippen LogP) is 4.86. The zero-order valence-electron chi connectivity index (χ0n) is 18.1. The molecule has 0 bridgehead atoms. The van der Waals surface area contributed by atoms with E-state index in [2.05, 4.69) is 15.2 Å². The molecule has 0 aliphatic rings. The van der Waals surface area contributed by atoms with E-state index in [1.165, 1.54) is 12.1 Å². The molecule has 4 aromatic rings. The fourth-order valence-corrected chi connectivity index (χ4v) is 4.46. The number of amides is 1. The maximum atomic E-state index is 13.2. The number of rotatable bonds is 7. The number of hydrogen-bond acceptors (Lipinski definition) is 5. The van der Waals surface area contributed by atoms with Crippen LogP contribution in [0, 0.1) is 13.8 Å². The fourth-order valence-electron chi connectivity index (χ4n) is 3.41. The maximum Gasteiger partial charge on any atom is 0.264 e. The minimum absolute atomic E-state index is 0.0385. The highest BCUT2D eigenvalue weighted by molar-refractivity contribution is 7.92. The lowest BCUT2D eigenvalue weighted by molar-refractivity contribution is -0.116. The van der Waals surface area contributed by atoms with E-state index >= 15 is 0 Å². The first kappa shape index (κ1) is 22.3. The lowest BCUT2D eigenvalue weighted by Crippen LogP contribution is -2.22. The SMILES string of the molecule is Cc1noc(NS(=O)(=O)c2ccc(NC(=O)C(c3ccccc3)c3ccccc3)cc2)c1C. The van der Waals surface area contributed by atoms with Gasteiger partial charge in [-0.25, -0.2) is 13.1 Å². The summed E-state index contributed by atoms with van der Waals surface area (Å²) in [5.74, 6) is -0.637. The Morgan fingerprint density at radius 1 is 0.848 bits per heavy atom. The number of carbonyl (C=O) groups excluding carboxylic acids is 1. The smallest absolute Gasteiger partial charge is 0.264 e. The van der Waals surface area contributed by atoms with E-state index in [0.717, 1.165) is 11.1 Å². The van der Waals surface area contributed by atoms with Crippen LogP contribution in [0.25, 0.3) is 0 Å². The van der Waals surface area contributed by atoms with Crippen molar-refractivity contribution in [3.63, 3.8) is 0 Å². The Balaban J connectivity index is 1.54. The van der Waals surface area contributed by atoms with E-state index in [0.29, 0.717) is 16.9 Å². The Bertz CT molecular complexity index is 1310. The topological polar surface area (TPSA) is 101 Å². The second-order valence-electron chi connectivity index (χ2n) is 7.60. The van der Waals surface area contributed by atoms with Crippen LogP contribution in [0.15, 0.2) is 94.3 Å². The van der Waals surface area contributed by atoms with Crippen LogP contribution in [0.5, 0.6) is 0 Å². The quantitative estimate of drug-likeness (QED) is 0.409. The third-order valence-electron chi connectivity index (χ3n) is 5.34. The Labute approximate surface area is 192 Å². The second-order valence-corrected chi connectivity index (χ2v) is 9.28. The maximum absolute atomic E-state index is 13.2. The van der Waals surface area contributed by atoms with Crippen LogP contribution in [0.3, 0.4) is 0 Å². The molecular weight excluding hydrogens is 438 g/mol. The Hall–Kier alpha value is -3.91. The number of hydrogen-bond donors (Lipinski definition) is 2. The lowest BCUT2D eigenvalue weighted by atomic mass is 9.90. The third kappa shape index (κ3) is 4.96. The van der Waals surface area contributed by atoms with Gasteiger partial charge >= 0.3 is 0 Å². The van der Waals surface area contributed by atoms with Gasteiger partial charge in [-0.05, 0) is 49.2 Å². The van der Waals surface area contributed by atoms with Gasteiger partial charge in [0.15, 0.2) is 0 Å². The summed E-state index contributed by atoms with van der Waals surface area (Å²) in [5, 5.41) is 6.65. The monoisotopic (exact) mass is 461 g/mol.